The summed E-state index contributed by atoms with van der Waals surface area (Å²) in [6, 6.07) is 18.7. The number of likely N-dealkylation sites (tertiary alicyclic amines) is 1. The Hall–Kier alpha value is -3.63. The van der Waals surface area contributed by atoms with Gasteiger partial charge in [0.2, 0.25) is 0 Å². The highest BCUT2D eigenvalue weighted by atomic mass is 35.5. The van der Waals surface area contributed by atoms with Gasteiger partial charge in [-0.05, 0) is 48.4 Å². The fraction of sp³-hybridized carbons (Fsp3) is 0.345. The largest absolute Gasteiger partial charge is 0.377 e. The van der Waals surface area contributed by atoms with Crippen molar-refractivity contribution in [1.29, 1.82) is 0 Å². The molecule has 5 atom stereocenters. The van der Waals surface area contributed by atoms with E-state index in [0.717, 1.165) is 42.7 Å². The summed E-state index contributed by atoms with van der Waals surface area (Å²) < 4.78 is 0. The zero-order valence-corrected chi connectivity index (χ0v) is 23.0. The minimum absolute atomic E-state index is 0.00729. The molecule has 0 aromatic heterocycles. The molecule has 2 fully saturated rings. The zero-order chi connectivity index (χ0) is 28.0. The number of halogens is 1. The van der Waals surface area contributed by atoms with E-state index in [4.69, 9.17) is 11.6 Å². The molecule has 2 heterocycles. The van der Waals surface area contributed by atoms with Crippen molar-refractivity contribution in [3.05, 3.63) is 104 Å². The van der Waals surface area contributed by atoms with Crippen molar-refractivity contribution in [2.45, 2.75) is 46.7 Å². The number of rotatable bonds is 6. The first-order valence-electron chi connectivity index (χ1n) is 13.3. The quantitative estimate of drug-likeness (QED) is 0.194. The van der Waals surface area contributed by atoms with E-state index in [1.54, 1.807) is 30.3 Å². The number of nitrogens with one attached hydrogen (secondary N) is 1. The number of non-ortho nitro benzene ring substituents is 1. The van der Waals surface area contributed by atoms with Crippen LogP contribution < -0.4 is 5.32 Å². The molecule has 1 amide bonds. The first-order valence-corrected chi connectivity index (χ1v) is 14.6. The van der Waals surface area contributed by atoms with E-state index in [1.807, 2.05) is 23.1 Å². The van der Waals surface area contributed by atoms with Crippen LogP contribution in [-0.4, -0.2) is 44.4 Å². The smallest absolute Gasteiger partial charge is 0.282 e. The summed E-state index contributed by atoms with van der Waals surface area (Å²) in [6.45, 7) is 1.46. The Morgan fingerprint density at radius 2 is 1.68 bits per heavy atom. The third-order valence-corrected chi connectivity index (χ3v) is 10.4. The molecule has 1 saturated carbocycles. The maximum atomic E-state index is 13.6. The minimum Gasteiger partial charge on any atom is -0.377 e. The molecule has 1 saturated heterocycles. The fourth-order valence-electron chi connectivity index (χ4n) is 6.42. The van der Waals surface area contributed by atoms with E-state index >= 15 is 0 Å². The maximum absolute atomic E-state index is 13.6. The molecule has 206 valence electrons. The summed E-state index contributed by atoms with van der Waals surface area (Å²) in [7, 11) is 0. The summed E-state index contributed by atoms with van der Waals surface area (Å²) in [5.74, 6) is -0.128. The summed E-state index contributed by atoms with van der Waals surface area (Å²) in [6.07, 6.45) is 2.64. The molecule has 0 spiro atoms. The molecule has 1 aliphatic carbocycles. The average molecular weight is 579 g/mol. The number of carbonyl (C=O) groups excluding carboxylic acids is 1. The fourth-order valence-corrected chi connectivity index (χ4v) is 8.36. The number of thioether (sulfide) groups is 1. The molecule has 11 heteroatoms. The second kappa shape index (κ2) is 10.7. The Kier molecular flexibility index (Phi) is 7.14. The van der Waals surface area contributed by atoms with Crippen LogP contribution in [0.3, 0.4) is 0 Å². The Balaban J connectivity index is 1.41. The highest BCUT2D eigenvalue weighted by Gasteiger charge is 2.51. The molecule has 40 heavy (non-hydrogen) atoms. The molecule has 3 aliphatic rings. The summed E-state index contributed by atoms with van der Waals surface area (Å²) in [4.78, 5) is 38.2. The summed E-state index contributed by atoms with van der Waals surface area (Å²) in [5, 5.41) is 26.1. The van der Waals surface area contributed by atoms with E-state index < -0.39 is 4.92 Å². The van der Waals surface area contributed by atoms with Crippen molar-refractivity contribution in [3.63, 3.8) is 0 Å². The van der Waals surface area contributed by atoms with E-state index in [-0.39, 0.29) is 50.7 Å². The summed E-state index contributed by atoms with van der Waals surface area (Å²) >= 11 is 8.66. The molecular weight excluding hydrogens is 552 g/mol. The number of nitro benzene ring substituents is 2. The Morgan fingerprint density at radius 1 is 0.950 bits per heavy atom. The molecule has 2 aliphatic heterocycles. The van der Waals surface area contributed by atoms with Crippen LogP contribution in [0.5, 0.6) is 0 Å². The average Bonchev–Trinajstić information content (AvgIpc) is 3.61. The van der Waals surface area contributed by atoms with Crippen molar-refractivity contribution in [2.75, 3.05) is 18.4 Å². The van der Waals surface area contributed by atoms with E-state index in [1.165, 1.54) is 30.0 Å². The van der Waals surface area contributed by atoms with E-state index in [9.17, 15) is 25.0 Å². The van der Waals surface area contributed by atoms with E-state index in [0.29, 0.717) is 16.9 Å². The molecule has 1 N–H and O–H groups in total. The first kappa shape index (κ1) is 26.6. The highest BCUT2D eigenvalue weighted by molar-refractivity contribution is 8.00. The van der Waals surface area contributed by atoms with Gasteiger partial charge in [0, 0.05) is 42.5 Å². The summed E-state index contributed by atoms with van der Waals surface area (Å²) in [5.41, 5.74) is 3.26. The molecule has 0 bridgehead atoms. The number of amides is 1. The number of nitro groups is 2. The third-order valence-electron chi connectivity index (χ3n) is 8.27. The maximum Gasteiger partial charge on any atom is 0.282 e. The van der Waals surface area contributed by atoms with Crippen LogP contribution in [0.15, 0.2) is 71.6 Å². The number of benzene rings is 3. The molecule has 3 aromatic carbocycles. The number of alkyl halides is 1. The van der Waals surface area contributed by atoms with Crippen LogP contribution in [0.1, 0.15) is 52.7 Å². The van der Waals surface area contributed by atoms with Crippen LogP contribution in [0.4, 0.5) is 17.1 Å². The van der Waals surface area contributed by atoms with Crippen LogP contribution >= 0.6 is 23.4 Å². The SMILES string of the molecule is O=C(c1cccc2c1N[C@H](c1ccc([N+](=O)[O-])cc1)[C@@H]1C[C@H](Sc3ccccc3[N+](=O)[O-])[C@H](Cl)[C@@H]21)N1CCCC1. The highest BCUT2D eigenvalue weighted by Crippen LogP contribution is 2.58. The zero-order valence-electron chi connectivity index (χ0n) is 21.4. The lowest BCUT2D eigenvalue weighted by Gasteiger charge is -2.39. The molecular formula is C29H27ClN4O5S. The monoisotopic (exact) mass is 578 g/mol. The van der Waals surface area contributed by atoms with Gasteiger partial charge in [-0.25, -0.2) is 0 Å². The van der Waals surface area contributed by atoms with Crippen molar-refractivity contribution >= 4 is 46.3 Å². The number of hydrogen-bond acceptors (Lipinski definition) is 7. The lowest BCUT2D eigenvalue weighted by molar-refractivity contribution is -0.387. The third kappa shape index (κ3) is 4.69. The van der Waals surface area contributed by atoms with Crippen molar-refractivity contribution in [1.82, 2.24) is 4.90 Å². The number of para-hydroxylation sites is 2. The number of nitrogens with zero attached hydrogens (tertiary/aromatic N) is 3. The van der Waals surface area contributed by atoms with E-state index in [2.05, 4.69) is 5.32 Å². The molecule has 6 rings (SSSR count). The lowest BCUT2D eigenvalue weighted by Crippen LogP contribution is -2.34. The standard InChI is InChI=1S/C29H27ClN4O5S/c30-26-24(40-23-9-2-1-8-22(23)34(38)39)16-21-25(26)19-6-5-7-20(29(35)32-14-3-4-15-32)28(19)31-27(21)17-10-12-18(13-11-17)33(36)37/h1-2,5-13,21,24-27,31H,3-4,14-16H2/t21-,24+,25+,26+,27-/m1/s1. The van der Waals surface area contributed by atoms with Gasteiger partial charge in [0.1, 0.15) is 0 Å². The number of fused-ring (bicyclic) bond motifs is 3. The predicted molar refractivity (Wildman–Crippen MR) is 154 cm³/mol. The minimum atomic E-state index is -0.424. The van der Waals surface area contributed by atoms with Gasteiger partial charge in [0.05, 0.1) is 37.4 Å². The van der Waals surface area contributed by atoms with Gasteiger partial charge in [0.25, 0.3) is 17.3 Å². The predicted octanol–water partition coefficient (Wildman–Crippen LogP) is 6.78. The van der Waals surface area contributed by atoms with Gasteiger partial charge in [0.15, 0.2) is 0 Å². The van der Waals surface area contributed by atoms with Gasteiger partial charge in [-0.1, -0.05) is 36.4 Å². The molecule has 3 aromatic rings. The number of hydrogen-bond donors (Lipinski definition) is 1. The second-order valence-corrected chi connectivity index (χ2v) is 12.3. The van der Waals surface area contributed by atoms with Gasteiger partial charge in [-0.3, -0.25) is 25.0 Å². The Bertz CT molecular complexity index is 1480. The van der Waals surface area contributed by atoms with Crippen molar-refractivity contribution in [2.24, 2.45) is 5.92 Å². The van der Waals surface area contributed by atoms with Crippen LogP contribution in [0, 0.1) is 26.1 Å². The van der Waals surface area contributed by atoms with Crippen LogP contribution in [-0.2, 0) is 0 Å². The normalized spacial score (nSPS) is 25.1. The number of anilines is 1. The van der Waals surface area contributed by atoms with Crippen LogP contribution in [0.25, 0.3) is 0 Å². The van der Waals surface area contributed by atoms with Gasteiger partial charge >= 0.3 is 0 Å². The topological polar surface area (TPSA) is 119 Å². The van der Waals surface area contributed by atoms with Gasteiger partial charge in [-0.2, -0.15) is 0 Å². The molecule has 0 radical (unpaired) electrons. The van der Waals surface area contributed by atoms with Gasteiger partial charge in [-0.15, -0.1) is 23.4 Å². The molecule has 9 nitrogen and oxygen atoms in total. The number of carbonyl (C=O) groups is 1. The Labute approximate surface area is 240 Å². The van der Waals surface area contributed by atoms with Crippen molar-refractivity contribution < 1.29 is 14.6 Å². The Morgan fingerprint density at radius 3 is 2.38 bits per heavy atom. The van der Waals surface area contributed by atoms with Gasteiger partial charge < -0.3 is 10.2 Å². The first-order chi connectivity index (χ1) is 19.3. The van der Waals surface area contributed by atoms with Crippen LogP contribution in [0.2, 0.25) is 0 Å². The second-order valence-electron chi connectivity index (χ2n) is 10.5. The lowest BCUT2D eigenvalue weighted by atomic mass is 9.76. The van der Waals surface area contributed by atoms with Crippen molar-refractivity contribution in [3.8, 4) is 0 Å². The molecule has 0 unspecified atom stereocenters.